The molecule has 0 aromatic heterocycles. The summed E-state index contributed by atoms with van der Waals surface area (Å²) in [6, 6.07) is 1.58. The molecule has 0 unspecified atom stereocenters. The van der Waals surface area contributed by atoms with Gasteiger partial charge in [-0.1, -0.05) is 0 Å². The number of rotatable bonds is 4. The Bertz CT molecular complexity index is 192. The van der Waals surface area contributed by atoms with Crippen LogP contribution in [0.5, 0.6) is 0 Å². The molecular formula is C7H8F3NO. The average molecular weight is 179 g/mol. The third-order valence-electron chi connectivity index (χ3n) is 1.19. The fourth-order valence-electron chi connectivity index (χ4n) is 0.663. The van der Waals surface area contributed by atoms with E-state index in [1.165, 1.54) is 0 Å². The smallest absolute Gasteiger partial charge is 0.299 e. The van der Waals surface area contributed by atoms with E-state index < -0.39 is 18.4 Å². The van der Waals surface area contributed by atoms with Crippen molar-refractivity contribution >= 4 is 5.78 Å². The predicted molar refractivity (Wildman–Crippen MR) is 35.1 cm³/mol. The fraction of sp³-hybridized carbons (Fsp3) is 0.714. The summed E-state index contributed by atoms with van der Waals surface area (Å²) in [5.41, 5.74) is 0. The Morgan fingerprint density at radius 3 is 2.42 bits per heavy atom. The summed E-state index contributed by atoms with van der Waals surface area (Å²) in [6.07, 6.45) is -5.83. The molecule has 0 saturated heterocycles. The number of carbonyl (C=O) groups is 1. The molecule has 2 nitrogen and oxygen atoms in total. The van der Waals surface area contributed by atoms with Crippen LogP contribution in [0.2, 0.25) is 0 Å². The van der Waals surface area contributed by atoms with Crippen LogP contribution in [0.1, 0.15) is 25.7 Å². The maximum Gasteiger partial charge on any atom is 0.389 e. The number of Topliss-reactive ketones (excluding diaryl/α,β-unsaturated/α-hetero) is 1. The maximum absolute atomic E-state index is 11.5. The third kappa shape index (κ3) is 7.06. The number of ketones is 1. The van der Waals surface area contributed by atoms with Crippen LogP contribution in [-0.4, -0.2) is 12.0 Å². The van der Waals surface area contributed by atoms with E-state index in [9.17, 15) is 18.0 Å². The van der Waals surface area contributed by atoms with Gasteiger partial charge in [-0.3, -0.25) is 4.79 Å². The SMILES string of the molecule is N#CCC(=O)CCCC(F)(F)F. The minimum atomic E-state index is -4.20. The zero-order chi connectivity index (χ0) is 9.61. The lowest BCUT2D eigenvalue weighted by atomic mass is 10.1. The second-order valence-corrected chi connectivity index (χ2v) is 2.34. The van der Waals surface area contributed by atoms with Crippen LogP contribution < -0.4 is 0 Å². The Hall–Kier alpha value is -1.05. The Kier molecular flexibility index (Phi) is 4.34. The van der Waals surface area contributed by atoms with E-state index in [4.69, 9.17) is 5.26 Å². The van der Waals surface area contributed by atoms with Crippen LogP contribution in [0.4, 0.5) is 13.2 Å². The monoisotopic (exact) mass is 179 g/mol. The molecule has 0 amide bonds. The molecule has 0 spiro atoms. The molecule has 0 aromatic rings. The van der Waals surface area contributed by atoms with Crippen molar-refractivity contribution in [3.05, 3.63) is 0 Å². The lowest BCUT2D eigenvalue weighted by Gasteiger charge is -2.03. The van der Waals surface area contributed by atoms with E-state index in [1.54, 1.807) is 6.07 Å². The minimum absolute atomic E-state index is 0.160. The van der Waals surface area contributed by atoms with Gasteiger partial charge in [0.05, 0.1) is 12.5 Å². The number of nitriles is 1. The second kappa shape index (κ2) is 4.75. The van der Waals surface area contributed by atoms with Gasteiger partial charge in [-0.05, 0) is 6.42 Å². The van der Waals surface area contributed by atoms with E-state index >= 15 is 0 Å². The van der Waals surface area contributed by atoms with Gasteiger partial charge in [0.25, 0.3) is 0 Å². The molecule has 0 radical (unpaired) electrons. The van der Waals surface area contributed by atoms with Crippen molar-refractivity contribution in [3.8, 4) is 6.07 Å². The average Bonchev–Trinajstić information content (AvgIpc) is 1.84. The van der Waals surface area contributed by atoms with Crippen molar-refractivity contribution in [2.24, 2.45) is 0 Å². The molecule has 0 aliphatic heterocycles. The van der Waals surface area contributed by atoms with E-state index in [1.807, 2.05) is 0 Å². The van der Waals surface area contributed by atoms with E-state index in [0.29, 0.717) is 0 Å². The summed E-state index contributed by atoms with van der Waals surface area (Å²) in [6.45, 7) is 0. The Balaban J connectivity index is 3.45. The molecule has 0 atom stereocenters. The van der Waals surface area contributed by atoms with Gasteiger partial charge in [0.15, 0.2) is 0 Å². The van der Waals surface area contributed by atoms with Crippen LogP contribution in [0.15, 0.2) is 0 Å². The molecule has 0 fully saturated rings. The molecule has 0 N–H and O–H groups in total. The van der Waals surface area contributed by atoms with Gasteiger partial charge in [0.2, 0.25) is 0 Å². The highest BCUT2D eigenvalue weighted by atomic mass is 19.4. The highest BCUT2D eigenvalue weighted by molar-refractivity contribution is 5.80. The number of nitrogens with zero attached hydrogens (tertiary/aromatic N) is 1. The molecule has 0 saturated carbocycles. The summed E-state index contributed by atoms with van der Waals surface area (Å²) >= 11 is 0. The quantitative estimate of drug-likeness (QED) is 0.663. The Morgan fingerprint density at radius 1 is 1.42 bits per heavy atom. The number of halogens is 3. The van der Waals surface area contributed by atoms with Crippen LogP contribution in [0.25, 0.3) is 0 Å². The van der Waals surface area contributed by atoms with Crippen molar-refractivity contribution in [2.75, 3.05) is 0 Å². The van der Waals surface area contributed by atoms with Crippen LogP contribution in [0.3, 0.4) is 0 Å². The summed E-state index contributed by atoms with van der Waals surface area (Å²) < 4.78 is 34.5. The lowest BCUT2D eigenvalue weighted by Crippen LogP contribution is -2.08. The molecule has 0 heterocycles. The summed E-state index contributed by atoms with van der Waals surface area (Å²) in [5, 5.41) is 8.00. The first kappa shape index (κ1) is 11.0. The largest absolute Gasteiger partial charge is 0.389 e. The molecule has 0 bridgehead atoms. The van der Waals surface area contributed by atoms with Gasteiger partial charge >= 0.3 is 6.18 Å². The molecule has 0 aliphatic rings. The molecular weight excluding hydrogens is 171 g/mol. The van der Waals surface area contributed by atoms with Gasteiger partial charge in [-0.2, -0.15) is 18.4 Å². The zero-order valence-corrected chi connectivity index (χ0v) is 6.32. The lowest BCUT2D eigenvalue weighted by molar-refractivity contribution is -0.136. The number of carbonyl (C=O) groups excluding carboxylic acids is 1. The molecule has 5 heteroatoms. The van der Waals surface area contributed by atoms with Gasteiger partial charge in [-0.15, -0.1) is 0 Å². The van der Waals surface area contributed by atoms with Crippen molar-refractivity contribution in [3.63, 3.8) is 0 Å². The van der Waals surface area contributed by atoms with Gasteiger partial charge in [-0.25, -0.2) is 0 Å². The molecule has 12 heavy (non-hydrogen) atoms. The van der Waals surface area contributed by atoms with Crippen molar-refractivity contribution < 1.29 is 18.0 Å². The van der Waals surface area contributed by atoms with Crippen molar-refractivity contribution in [1.82, 2.24) is 0 Å². The normalized spacial score (nSPS) is 10.8. The van der Waals surface area contributed by atoms with Gasteiger partial charge < -0.3 is 0 Å². The Labute approximate surface area is 68.0 Å². The highest BCUT2D eigenvalue weighted by Crippen LogP contribution is 2.22. The molecule has 0 rings (SSSR count). The van der Waals surface area contributed by atoms with Crippen LogP contribution >= 0.6 is 0 Å². The van der Waals surface area contributed by atoms with Crippen LogP contribution in [0, 0.1) is 11.3 Å². The van der Waals surface area contributed by atoms with Gasteiger partial charge in [0.1, 0.15) is 5.78 Å². The number of alkyl halides is 3. The molecule has 0 aromatic carbocycles. The van der Waals surface area contributed by atoms with E-state index in [0.717, 1.165) is 0 Å². The fourth-order valence-corrected chi connectivity index (χ4v) is 0.663. The van der Waals surface area contributed by atoms with Crippen molar-refractivity contribution in [1.29, 1.82) is 5.26 Å². The molecule has 68 valence electrons. The number of hydrogen-bond acceptors (Lipinski definition) is 2. The van der Waals surface area contributed by atoms with Crippen LogP contribution in [-0.2, 0) is 4.79 Å². The minimum Gasteiger partial charge on any atom is -0.299 e. The zero-order valence-electron chi connectivity index (χ0n) is 6.32. The van der Waals surface area contributed by atoms with Crippen molar-refractivity contribution in [2.45, 2.75) is 31.9 Å². The highest BCUT2D eigenvalue weighted by Gasteiger charge is 2.26. The summed E-state index contributed by atoms with van der Waals surface area (Å²) in [7, 11) is 0. The standard InChI is InChI=1S/C7H8F3NO/c8-7(9,10)4-1-2-6(12)3-5-11/h1-4H2. The predicted octanol–water partition coefficient (Wildman–Crippen LogP) is 2.20. The first-order valence-electron chi connectivity index (χ1n) is 3.41. The Morgan fingerprint density at radius 2 is 2.00 bits per heavy atom. The summed E-state index contributed by atoms with van der Waals surface area (Å²) in [4.78, 5) is 10.5. The number of hydrogen-bond donors (Lipinski definition) is 0. The summed E-state index contributed by atoms with van der Waals surface area (Å²) in [5.74, 6) is -0.429. The third-order valence-corrected chi connectivity index (χ3v) is 1.19. The topological polar surface area (TPSA) is 40.9 Å². The first-order chi connectivity index (χ1) is 5.45. The van der Waals surface area contributed by atoms with E-state index in [2.05, 4.69) is 0 Å². The van der Waals surface area contributed by atoms with Gasteiger partial charge in [0, 0.05) is 12.8 Å². The maximum atomic E-state index is 11.5. The van der Waals surface area contributed by atoms with E-state index in [-0.39, 0.29) is 19.3 Å². The second-order valence-electron chi connectivity index (χ2n) is 2.34. The molecule has 0 aliphatic carbocycles. The first-order valence-corrected chi connectivity index (χ1v) is 3.41.